The van der Waals surface area contributed by atoms with Crippen LogP contribution in [-0.4, -0.2) is 0 Å². The van der Waals surface area contributed by atoms with E-state index in [2.05, 4.69) is 0 Å². The molecular formula is C6H7ClIN. The number of rotatable bonds is 1. The number of pyridine rings is 1. The number of alkyl halides is 1. The summed E-state index contributed by atoms with van der Waals surface area (Å²) in [6.45, 7) is 0. The van der Waals surface area contributed by atoms with Gasteiger partial charge in [0.05, 0.1) is 0 Å². The van der Waals surface area contributed by atoms with Crippen LogP contribution in [0.3, 0.4) is 0 Å². The zero-order valence-electron chi connectivity index (χ0n) is 4.80. The molecule has 50 valence electrons. The van der Waals surface area contributed by atoms with Crippen molar-refractivity contribution in [3.63, 3.8) is 0 Å². The van der Waals surface area contributed by atoms with E-state index >= 15 is 0 Å². The van der Waals surface area contributed by atoms with Crippen molar-refractivity contribution in [2.45, 2.75) is 6.00 Å². The van der Waals surface area contributed by atoms with Crippen LogP contribution >= 0.6 is 11.6 Å². The molecule has 0 unspecified atom stereocenters. The fourth-order valence-corrected chi connectivity index (χ4v) is 0.673. The van der Waals surface area contributed by atoms with E-state index in [4.69, 9.17) is 11.6 Å². The minimum Gasteiger partial charge on any atom is -1.00 e. The first-order chi connectivity index (χ1) is 3.93. The van der Waals surface area contributed by atoms with Crippen LogP contribution in [0.15, 0.2) is 30.6 Å². The molecule has 1 aromatic rings. The first-order valence-electron chi connectivity index (χ1n) is 2.43. The van der Waals surface area contributed by atoms with Crippen molar-refractivity contribution >= 4 is 11.6 Å². The molecule has 1 nitrogen and oxygen atoms in total. The van der Waals surface area contributed by atoms with E-state index < -0.39 is 0 Å². The minimum absolute atomic E-state index is 0. The SMILES string of the molecule is ClC[n+]1ccccc1.[I-]. The Kier molecular flexibility index (Phi) is 5.09. The van der Waals surface area contributed by atoms with Crippen molar-refractivity contribution in [1.29, 1.82) is 0 Å². The Balaban J connectivity index is 0.000000640. The number of hydrogen-bond donors (Lipinski definition) is 0. The molecule has 0 spiro atoms. The van der Waals surface area contributed by atoms with Crippen LogP contribution in [0.25, 0.3) is 0 Å². The molecule has 1 rings (SSSR count). The Hall–Kier alpha value is 0.170. The number of hydrogen-bond acceptors (Lipinski definition) is 0. The third kappa shape index (κ3) is 3.01. The Labute approximate surface area is 76.7 Å². The molecule has 9 heavy (non-hydrogen) atoms. The summed E-state index contributed by atoms with van der Waals surface area (Å²) < 4.78 is 1.89. The van der Waals surface area contributed by atoms with E-state index in [1.54, 1.807) is 0 Å². The third-order valence-corrected chi connectivity index (χ3v) is 1.19. The molecular weight excluding hydrogens is 248 g/mol. The third-order valence-electron chi connectivity index (χ3n) is 0.915. The van der Waals surface area contributed by atoms with Gasteiger partial charge < -0.3 is 24.0 Å². The van der Waals surface area contributed by atoms with Gasteiger partial charge >= 0.3 is 0 Å². The molecule has 0 saturated carbocycles. The van der Waals surface area contributed by atoms with Gasteiger partial charge in [-0.15, -0.1) is 0 Å². The molecule has 0 aromatic carbocycles. The number of nitrogens with zero attached hydrogens (tertiary/aromatic N) is 1. The average molecular weight is 255 g/mol. The molecule has 0 N–H and O–H groups in total. The molecule has 0 aliphatic heterocycles. The van der Waals surface area contributed by atoms with Gasteiger partial charge in [-0.05, 0) is 0 Å². The molecule has 0 aliphatic carbocycles. The van der Waals surface area contributed by atoms with Gasteiger partial charge in [0.25, 0.3) is 0 Å². The van der Waals surface area contributed by atoms with Crippen molar-refractivity contribution in [2.24, 2.45) is 0 Å². The highest BCUT2D eigenvalue weighted by molar-refractivity contribution is 6.14. The van der Waals surface area contributed by atoms with E-state index in [1.807, 2.05) is 35.2 Å². The summed E-state index contributed by atoms with van der Waals surface area (Å²) in [4.78, 5) is 0. The molecule has 0 saturated heterocycles. The number of halogens is 2. The quantitative estimate of drug-likeness (QED) is 0.316. The van der Waals surface area contributed by atoms with Crippen molar-refractivity contribution in [3.05, 3.63) is 30.6 Å². The standard InChI is InChI=1S/C6H7ClN.HI/c7-6-8-4-2-1-3-5-8;/h1-5H,6H2;1H/q+1;/p-1. The molecule has 3 heteroatoms. The Morgan fingerprint density at radius 1 is 1.11 bits per heavy atom. The monoisotopic (exact) mass is 255 g/mol. The van der Waals surface area contributed by atoms with Crippen LogP contribution in [0, 0.1) is 0 Å². The van der Waals surface area contributed by atoms with Crippen LogP contribution in [0.4, 0.5) is 0 Å². The minimum atomic E-state index is 0. The van der Waals surface area contributed by atoms with Gasteiger partial charge in [-0.1, -0.05) is 17.7 Å². The van der Waals surface area contributed by atoms with E-state index in [0.29, 0.717) is 6.00 Å². The van der Waals surface area contributed by atoms with E-state index in [1.165, 1.54) is 0 Å². The van der Waals surface area contributed by atoms with Crippen LogP contribution < -0.4 is 28.5 Å². The lowest BCUT2D eigenvalue weighted by molar-refractivity contribution is -0.678. The Morgan fingerprint density at radius 2 is 1.67 bits per heavy atom. The predicted octanol–water partition coefficient (Wildman–Crippen LogP) is -1.83. The first kappa shape index (κ1) is 9.17. The summed E-state index contributed by atoms with van der Waals surface area (Å²) in [6.07, 6.45) is 3.85. The lowest BCUT2D eigenvalue weighted by Gasteiger charge is -1.83. The molecule has 0 fully saturated rings. The fourth-order valence-electron chi connectivity index (χ4n) is 0.514. The molecule has 0 bridgehead atoms. The zero-order chi connectivity index (χ0) is 5.82. The Morgan fingerprint density at radius 3 is 2.00 bits per heavy atom. The summed E-state index contributed by atoms with van der Waals surface area (Å²) in [5.74, 6) is 0. The maximum absolute atomic E-state index is 5.49. The summed E-state index contributed by atoms with van der Waals surface area (Å²) in [5, 5.41) is 0. The van der Waals surface area contributed by atoms with Gasteiger partial charge in [0, 0.05) is 12.1 Å². The van der Waals surface area contributed by atoms with Crippen LogP contribution in [-0.2, 0) is 6.00 Å². The van der Waals surface area contributed by atoms with Crippen LogP contribution in [0.2, 0.25) is 0 Å². The van der Waals surface area contributed by atoms with Crippen molar-refractivity contribution in [3.8, 4) is 0 Å². The molecule has 1 heterocycles. The van der Waals surface area contributed by atoms with Crippen LogP contribution in [0.5, 0.6) is 0 Å². The lowest BCUT2D eigenvalue weighted by Crippen LogP contribution is -3.00. The molecule has 0 radical (unpaired) electrons. The Bertz CT molecular complexity index is 154. The first-order valence-corrected chi connectivity index (χ1v) is 2.97. The van der Waals surface area contributed by atoms with E-state index in [9.17, 15) is 0 Å². The van der Waals surface area contributed by atoms with Gasteiger partial charge in [-0.25, -0.2) is 0 Å². The van der Waals surface area contributed by atoms with Gasteiger partial charge in [-0.2, -0.15) is 4.57 Å². The highest BCUT2D eigenvalue weighted by Gasteiger charge is 1.88. The fraction of sp³-hybridized carbons (Fsp3) is 0.167. The summed E-state index contributed by atoms with van der Waals surface area (Å²) in [6, 6.07) is 6.38. The maximum atomic E-state index is 5.49. The van der Waals surface area contributed by atoms with Gasteiger partial charge in [-0.3, -0.25) is 0 Å². The topological polar surface area (TPSA) is 3.88 Å². The van der Waals surface area contributed by atoms with E-state index in [0.717, 1.165) is 0 Å². The smallest absolute Gasteiger partial charge is 0.222 e. The summed E-state index contributed by atoms with van der Waals surface area (Å²) in [7, 11) is 0. The molecule has 0 atom stereocenters. The predicted molar refractivity (Wildman–Crippen MR) is 32.5 cm³/mol. The average Bonchev–Trinajstić information content (AvgIpc) is 1.90. The molecule has 0 aliphatic rings. The second kappa shape index (κ2) is 4.99. The zero-order valence-corrected chi connectivity index (χ0v) is 7.71. The summed E-state index contributed by atoms with van der Waals surface area (Å²) in [5.41, 5.74) is 0. The van der Waals surface area contributed by atoms with Gasteiger partial charge in [0.1, 0.15) is 0 Å². The van der Waals surface area contributed by atoms with Crippen molar-refractivity contribution in [1.82, 2.24) is 0 Å². The maximum Gasteiger partial charge on any atom is 0.222 e. The molecule has 1 aromatic heterocycles. The lowest BCUT2D eigenvalue weighted by atomic mass is 10.5. The summed E-state index contributed by atoms with van der Waals surface area (Å²) >= 11 is 5.49. The molecule has 0 amide bonds. The van der Waals surface area contributed by atoms with Crippen molar-refractivity contribution in [2.75, 3.05) is 0 Å². The second-order valence-electron chi connectivity index (χ2n) is 1.51. The van der Waals surface area contributed by atoms with E-state index in [-0.39, 0.29) is 24.0 Å². The van der Waals surface area contributed by atoms with Crippen molar-refractivity contribution < 1.29 is 28.5 Å². The van der Waals surface area contributed by atoms with Gasteiger partial charge in [0.2, 0.25) is 6.00 Å². The van der Waals surface area contributed by atoms with Gasteiger partial charge in [0.15, 0.2) is 12.4 Å². The second-order valence-corrected chi connectivity index (χ2v) is 1.75. The normalized spacial score (nSPS) is 8.11. The highest BCUT2D eigenvalue weighted by atomic mass is 127. The number of aromatic nitrogens is 1. The largest absolute Gasteiger partial charge is 1.00 e. The van der Waals surface area contributed by atoms with Crippen LogP contribution in [0.1, 0.15) is 0 Å². The highest BCUT2D eigenvalue weighted by Crippen LogP contribution is 1.77.